The van der Waals surface area contributed by atoms with E-state index in [2.05, 4.69) is 114 Å². The molecule has 0 aliphatic rings. The summed E-state index contributed by atoms with van der Waals surface area (Å²) < 4.78 is 11.3. The van der Waals surface area contributed by atoms with Gasteiger partial charge in [-0.1, -0.05) is 115 Å². The van der Waals surface area contributed by atoms with Gasteiger partial charge in [0.05, 0.1) is 11.0 Å². The fourth-order valence-electron chi connectivity index (χ4n) is 8.32. The molecule has 6 heteroatoms. The molecule has 0 bridgehead atoms. The van der Waals surface area contributed by atoms with Gasteiger partial charge in [-0.3, -0.25) is 0 Å². The first-order valence-electron chi connectivity index (χ1n) is 19.0. The van der Waals surface area contributed by atoms with Crippen LogP contribution in [0.5, 0.6) is 0 Å². The molecule has 12 aromatic rings. The zero-order valence-electron chi connectivity index (χ0n) is 30.4. The van der Waals surface area contributed by atoms with Gasteiger partial charge in [-0.2, -0.15) is 0 Å². The van der Waals surface area contributed by atoms with Crippen LogP contribution >= 0.6 is 11.3 Å². The zero-order chi connectivity index (χ0) is 37.5. The van der Waals surface area contributed by atoms with Crippen molar-refractivity contribution >= 4 is 75.3 Å². The van der Waals surface area contributed by atoms with Crippen LogP contribution in [0.1, 0.15) is 0 Å². The molecule has 0 amide bonds. The molecule has 0 aliphatic carbocycles. The largest absolute Gasteiger partial charge is 0.456 e. The van der Waals surface area contributed by atoms with Crippen LogP contribution < -0.4 is 0 Å². The van der Waals surface area contributed by atoms with Gasteiger partial charge in [-0.05, 0) is 77.9 Å². The predicted octanol–water partition coefficient (Wildman–Crippen LogP) is 13.9. The van der Waals surface area contributed by atoms with E-state index in [9.17, 15) is 0 Å². The molecule has 57 heavy (non-hydrogen) atoms. The van der Waals surface area contributed by atoms with Gasteiger partial charge in [0.25, 0.3) is 0 Å². The Labute approximate surface area is 330 Å². The van der Waals surface area contributed by atoms with Crippen LogP contribution in [0.25, 0.3) is 115 Å². The number of hydrogen-bond acceptors (Lipinski definition) is 5. The third kappa shape index (κ3) is 5.19. The van der Waals surface area contributed by atoms with E-state index in [0.29, 0.717) is 17.5 Å². The summed E-state index contributed by atoms with van der Waals surface area (Å²) in [6, 6.07) is 63.9. The first-order valence-corrected chi connectivity index (χ1v) is 19.8. The van der Waals surface area contributed by atoms with E-state index < -0.39 is 0 Å². The quantitative estimate of drug-likeness (QED) is 0.176. The van der Waals surface area contributed by atoms with Crippen molar-refractivity contribution < 1.29 is 4.42 Å². The topological polar surface area (TPSA) is 56.7 Å². The minimum atomic E-state index is 0.617. The van der Waals surface area contributed by atoms with Crippen LogP contribution in [0.15, 0.2) is 186 Å². The normalized spacial score (nSPS) is 11.9. The smallest absolute Gasteiger partial charge is 0.164 e. The molecule has 0 saturated carbocycles. The van der Waals surface area contributed by atoms with Gasteiger partial charge in [0, 0.05) is 64.1 Å². The lowest BCUT2D eigenvalue weighted by Gasteiger charge is -2.08. The van der Waals surface area contributed by atoms with E-state index in [1.165, 1.54) is 53.2 Å². The summed E-state index contributed by atoms with van der Waals surface area (Å²) >= 11 is 1.84. The highest BCUT2D eigenvalue weighted by Gasteiger charge is 2.17. The number of fused-ring (bicyclic) bond motifs is 9. The summed E-state index contributed by atoms with van der Waals surface area (Å²) in [4.78, 5) is 14.8. The molecule has 4 aromatic heterocycles. The zero-order valence-corrected chi connectivity index (χ0v) is 31.2. The van der Waals surface area contributed by atoms with Crippen molar-refractivity contribution in [2.45, 2.75) is 0 Å². The second kappa shape index (κ2) is 12.6. The van der Waals surface area contributed by atoms with Gasteiger partial charge in [-0.15, -0.1) is 11.3 Å². The highest BCUT2D eigenvalue weighted by Crippen LogP contribution is 2.41. The van der Waals surface area contributed by atoms with Crippen LogP contribution in [0, 0.1) is 0 Å². The molecular formula is C51H30N4OS. The Morgan fingerprint density at radius 2 is 0.877 bits per heavy atom. The van der Waals surface area contributed by atoms with Crippen molar-refractivity contribution in [2.24, 2.45) is 0 Å². The summed E-state index contributed by atoms with van der Waals surface area (Å²) in [5, 5.41) is 7.15. The van der Waals surface area contributed by atoms with Crippen molar-refractivity contribution in [3.05, 3.63) is 182 Å². The van der Waals surface area contributed by atoms with Crippen LogP contribution in [0.4, 0.5) is 0 Å². The molecule has 0 radical (unpaired) electrons. The van der Waals surface area contributed by atoms with Crippen molar-refractivity contribution in [1.29, 1.82) is 0 Å². The Morgan fingerprint density at radius 3 is 1.53 bits per heavy atom. The van der Waals surface area contributed by atoms with Crippen LogP contribution in [-0.4, -0.2) is 19.5 Å². The fourth-order valence-corrected chi connectivity index (χ4v) is 9.44. The fraction of sp³-hybridized carbons (Fsp3) is 0. The highest BCUT2D eigenvalue weighted by atomic mass is 32.1. The Kier molecular flexibility index (Phi) is 7.03. The Morgan fingerprint density at radius 1 is 0.351 bits per heavy atom. The second-order valence-corrected chi connectivity index (χ2v) is 15.5. The SMILES string of the molecule is c1ccc(-c2nc(-c3ccccc3)nc(-c3ccc4oc5ccc(-c6ccc7c(c6)sc6ccc(-n8c9ccccc9c9ccccc98)cc67)cc5c4c3)n2)cc1. The summed E-state index contributed by atoms with van der Waals surface area (Å²) in [5.41, 5.74) is 10.4. The first kappa shape index (κ1) is 31.9. The van der Waals surface area contributed by atoms with Gasteiger partial charge < -0.3 is 8.98 Å². The molecule has 0 spiro atoms. The van der Waals surface area contributed by atoms with Crippen molar-refractivity contribution in [3.8, 4) is 51.0 Å². The molecule has 5 nitrogen and oxygen atoms in total. The third-order valence-electron chi connectivity index (χ3n) is 11.1. The molecule has 0 aliphatic heterocycles. The number of para-hydroxylation sites is 2. The van der Waals surface area contributed by atoms with Gasteiger partial charge in [0.1, 0.15) is 11.2 Å². The van der Waals surface area contributed by atoms with Crippen molar-refractivity contribution in [1.82, 2.24) is 19.5 Å². The maximum atomic E-state index is 6.37. The minimum absolute atomic E-state index is 0.617. The average molecular weight is 747 g/mol. The molecule has 0 saturated heterocycles. The number of furan rings is 1. The molecule has 0 atom stereocenters. The number of rotatable bonds is 5. The maximum absolute atomic E-state index is 6.37. The Hall–Kier alpha value is -7.41. The predicted molar refractivity (Wildman–Crippen MR) is 236 cm³/mol. The number of hydrogen-bond donors (Lipinski definition) is 0. The summed E-state index contributed by atoms with van der Waals surface area (Å²) in [6.45, 7) is 0. The van der Waals surface area contributed by atoms with Gasteiger partial charge >= 0.3 is 0 Å². The first-order chi connectivity index (χ1) is 28.2. The van der Waals surface area contributed by atoms with E-state index in [-0.39, 0.29) is 0 Å². The van der Waals surface area contributed by atoms with Crippen LogP contribution in [0.2, 0.25) is 0 Å². The number of thiophene rings is 1. The van der Waals surface area contributed by atoms with Crippen LogP contribution in [0.3, 0.4) is 0 Å². The molecule has 12 rings (SSSR count). The highest BCUT2D eigenvalue weighted by molar-refractivity contribution is 7.25. The summed E-state index contributed by atoms with van der Waals surface area (Å²) in [5.74, 6) is 1.89. The van der Waals surface area contributed by atoms with E-state index in [1.807, 2.05) is 84.1 Å². The van der Waals surface area contributed by atoms with Crippen molar-refractivity contribution in [3.63, 3.8) is 0 Å². The van der Waals surface area contributed by atoms with Gasteiger partial charge in [0.2, 0.25) is 0 Å². The van der Waals surface area contributed by atoms with E-state index in [0.717, 1.165) is 44.2 Å². The van der Waals surface area contributed by atoms with Gasteiger partial charge in [-0.25, -0.2) is 15.0 Å². The summed E-state index contributed by atoms with van der Waals surface area (Å²) in [7, 11) is 0. The lowest BCUT2D eigenvalue weighted by atomic mass is 10.0. The van der Waals surface area contributed by atoms with Crippen LogP contribution in [-0.2, 0) is 0 Å². The summed E-state index contributed by atoms with van der Waals surface area (Å²) in [6.07, 6.45) is 0. The molecule has 266 valence electrons. The number of aromatic nitrogens is 4. The van der Waals surface area contributed by atoms with E-state index >= 15 is 0 Å². The molecule has 8 aromatic carbocycles. The monoisotopic (exact) mass is 746 g/mol. The van der Waals surface area contributed by atoms with Crippen molar-refractivity contribution in [2.75, 3.05) is 0 Å². The Balaban J connectivity index is 0.950. The minimum Gasteiger partial charge on any atom is -0.456 e. The van der Waals surface area contributed by atoms with E-state index in [4.69, 9.17) is 19.4 Å². The molecule has 0 N–H and O–H groups in total. The third-order valence-corrected chi connectivity index (χ3v) is 12.2. The molecule has 0 fully saturated rings. The number of benzene rings is 8. The molecule has 4 heterocycles. The molecular weight excluding hydrogens is 717 g/mol. The Bertz CT molecular complexity index is 3420. The van der Waals surface area contributed by atoms with E-state index in [1.54, 1.807) is 0 Å². The number of nitrogens with zero attached hydrogens (tertiary/aromatic N) is 4. The standard InChI is InChI=1S/C51H30N4OS/c1-3-11-31(12-4-1)49-52-50(32-13-5-2-6-14-32)54-51(53-49)35-21-25-46-41(28-35)40-27-33(20-24-45(40)56-46)34-19-23-39-42-30-36(22-26-47(42)57-48(39)29-34)55-43-17-9-7-15-37(43)38-16-8-10-18-44(38)55/h1-30H. The lowest BCUT2D eigenvalue weighted by molar-refractivity contribution is 0.669. The second-order valence-electron chi connectivity index (χ2n) is 14.4. The lowest BCUT2D eigenvalue weighted by Crippen LogP contribution is -2.00. The maximum Gasteiger partial charge on any atom is 0.164 e. The molecule has 0 unspecified atom stereocenters. The average Bonchev–Trinajstić information content (AvgIpc) is 3.95. The van der Waals surface area contributed by atoms with Gasteiger partial charge in [0.15, 0.2) is 17.5 Å².